The minimum Gasteiger partial charge on any atom is -0.462 e. The summed E-state index contributed by atoms with van der Waals surface area (Å²) in [6.45, 7) is 3.62. The molecule has 1 amide bonds. The summed E-state index contributed by atoms with van der Waals surface area (Å²) in [5, 5.41) is 13.8. The first-order valence-electron chi connectivity index (χ1n) is 9.00. The fraction of sp³-hybridized carbons (Fsp3) is 0.143. The predicted molar refractivity (Wildman–Crippen MR) is 113 cm³/mol. The summed E-state index contributed by atoms with van der Waals surface area (Å²) in [4.78, 5) is 36.2. The van der Waals surface area contributed by atoms with E-state index in [2.05, 4.69) is 5.32 Å². The number of thiophene rings is 1. The lowest BCUT2D eigenvalue weighted by Gasteiger charge is -2.09. The molecule has 1 heterocycles. The largest absolute Gasteiger partial charge is 0.462 e. The molecule has 0 fully saturated rings. The van der Waals surface area contributed by atoms with Crippen LogP contribution in [0.2, 0.25) is 0 Å². The maximum Gasteiger partial charge on any atom is 0.417 e. The standard InChI is InChI=1S/C21H18N2O6S/c1-3-28-20(24)18-17(14-9-11-15(12-10-14)23(26)27)13(2)30-19(18)22-21(25)29-16-7-5-4-6-8-16/h4-12H,3H2,1-2H3,(H,22,25). The number of nitrogens with one attached hydrogen (secondary N) is 1. The predicted octanol–water partition coefficient (Wildman–Crippen LogP) is 5.42. The van der Waals surface area contributed by atoms with E-state index >= 15 is 0 Å². The quantitative estimate of drug-likeness (QED) is 0.320. The smallest absolute Gasteiger partial charge is 0.417 e. The molecule has 30 heavy (non-hydrogen) atoms. The van der Waals surface area contributed by atoms with Crippen molar-refractivity contribution in [3.63, 3.8) is 0 Å². The maximum absolute atomic E-state index is 12.7. The summed E-state index contributed by atoms with van der Waals surface area (Å²) in [7, 11) is 0. The highest BCUT2D eigenvalue weighted by Gasteiger charge is 2.26. The van der Waals surface area contributed by atoms with Crippen LogP contribution >= 0.6 is 11.3 Å². The Balaban J connectivity index is 1.97. The van der Waals surface area contributed by atoms with E-state index in [1.807, 2.05) is 0 Å². The molecule has 0 aliphatic carbocycles. The van der Waals surface area contributed by atoms with Gasteiger partial charge < -0.3 is 9.47 Å². The number of ether oxygens (including phenoxy) is 2. The molecule has 2 aromatic carbocycles. The van der Waals surface area contributed by atoms with Gasteiger partial charge in [-0.2, -0.15) is 0 Å². The number of esters is 1. The lowest BCUT2D eigenvalue weighted by atomic mass is 10.0. The van der Waals surface area contributed by atoms with Crippen molar-refractivity contribution in [2.45, 2.75) is 13.8 Å². The number of nitro groups is 1. The number of rotatable bonds is 6. The van der Waals surface area contributed by atoms with Crippen LogP contribution < -0.4 is 10.1 Å². The first-order chi connectivity index (χ1) is 14.4. The van der Waals surface area contributed by atoms with Crippen molar-refractivity contribution in [2.75, 3.05) is 11.9 Å². The average molecular weight is 426 g/mol. The highest BCUT2D eigenvalue weighted by atomic mass is 32.1. The minimum absolute atomic E-state index is 0.0610. The normalized spacial score (nSPS) is 10.3. The summed E-state index contributed by atoms with van der Waals surface area (Å²) >= 11 is 1.19. The second-order valence-electron chi connectivity index (χ2n) is 6.09. The molecule has 0 unspecified atom stereocenters. The van der Waals surface area contributed by atoms with Gasteiger partial charge in [-0.25, -0.2) is 9.59 Å². The van der Waals surface area contributed by atoms with Gasteiger partial charge in [-0.15, -0.1) is 11.3 Å². The highest BCUT2D eigenvalue weighted by Crippen LogP contribution is 2.41. The molecule has 3 aromatic rings. The third-order valence-electron chi connectivity index (χ3n) is 4.10. The van der Waals surface area contributed by atoms with Gasteiger partial charge in [0.05, 0.1) is 11.5 Å². The summed E-state index contributed by atoms with van der Waals surface area (Å²) in [5.74, 6) is -0.248. The molecule has 8 nitrogen and oxygen atoms in total. The van der Waals surface area contributed by atoms with Crippen LogP contribution in [-0.2, 0) is 4.74 Å². The van der Waals surface area contributed by atoms with Crippen molar-refractivity contribution >= 4 is 34.1 Å². The Morgan fingerprint density at radius 3 is 2.37 bits per heavy atom. The van der Waals surface area contributed by atoms with Crippen LogP contribution in [0, 0.1) is 17.0 Å². The van der Waals surface area contributed by atoms with Crippen LogP contribution in [0.1, 0.15) is 22.2 Å². The molecular weight excluding hydrogens is 408 g/mol. The third-order valence-corrected chi connectivity index (χ3v) is 5.12. The molecule has 0 aliphatic rings. The van der Waals surface area contributed by atoms with Crippen LogP contribution in [0.4, 0.5) is 15.5 Å². The van der Waals surface area contributed by atoms with E-state index in [1.54, 1.807) is 56.3 Å². The van der Waals surface area contributed by atoms with Crippen molar-refractivity contribution in [3.05, 3.63) is 75.2 Å². The van der Waals surface area contributed by atoms with Gasteiger partial charge in [0.25, 0.3) is 5.69 Å². The van der Waals surface area contributed by atoms with Gasteiger partial charge in [0.15, 0.2) is 0 Å². The van der Waals surface area contributed by atoms with Crippen molar-refractivity contribution in [2.24, 2.45) is 0 Å². The van der Waals surface area contributed by atoms with Gasteiger partial charge in [0.2, 0.25) is 0 Å². The first kappa shape index (κ1) is 21.0. The maximum atomic E-state index is 12.7. The summed E-state index contributed by atoms with van der Waals surface area (Å²) in [6.07, 6.45) is -0.747. The number of hydrogen-bond donors (Lipinski definition) is 1. The Morgan fingerprint density at radius 2 is 1.77 bits per heavy atom. The van der Waals surface area contributed by atoms with E-state index in [1.165, 1.54) is 23.5 Å². The van der Waals surface area contributed by atoms with Gasteiger partial charge in [-0.3, -0.25) is 15.4 Å². The van der Waals surface area contributed by atoms with Crippen LogP contribution in [0.5, 0.6) is 5.75 Å². The van der Waals surface area contributed by atoms with Crippen LogP contribution in [0.3, 0.4) is 0 Å². The summed E-state index contributed by atoms with van der Waals surface area (Å²) in [5.41, 5.74) is 1.26. The van der Waals surface area contributed by atoms with Crippen LogP contribution in [0.25, 0.3) is 11.1 Å². The molecule has 0 saturated carbocycles. The molecule has 1 aromatic heterocycles. The Morgan fingerprint density at radius 1 is 1.10 bits per heavy atom. The van der Waals surface area contributed by atoms with E-state index in [4.69, 9.17) is 9.47 Å². The molecule has 0 radical (unpaired) electrons. The lowest BCUT2D eigenvalue weighted by molar-refractivity contribution is -0.384. The van der Waals surface area contributed by atoms with Gasteiger partial charge in [-0.05, 0) is 43.7 Å². The second kappa shape index (κ2) is 9.19. The van der Waals surface area contributed by atoms with E-state index in [0.717, 1.165) is 4.88 Å². The monoisotopic (exact) mass is 426 g/mol. The minimum atomic E-state index is -0.747. The number of nitrogens with zero attached hydrogens (tertiary/aromatic N) is 1. The molecular formula is C21H18N2O6S. The Hall–Kier alpha value is -3.72. The molecule has 0 bridgehead atoms. The Kier molecular flexibility index (Phi) is 6.43. The number of carbonyl (C=O) groups is 2. The lowest BCUT2D eigenvalue weighted by Crippen LogP contribution is -2.18. The third kappa shape index (κ3) is 4.64. The van der Waals surface area contributed by atoms with Gasteiger partial charge in [0.1, 0.15) is 16.3 Å². The average Bonchev–Trinajstić information content (AvgIpc) is 3.04. The zero-order valence-corrected chi connectivity index (χ0v) is 17.0. The van der Waals surface area contributed by atoms with E-state index < -0.39 is 17.0 Å². The second-order valence-corrected chi connectivity index (χ2v) is 7.31. The molecule has 9 heteroatoms. The molecule has 1 N–H and O–H groups in total. The van der Waals surface area contributed by atoms with Gasteiger partial charge >= 0.3 is 12.1 Å². The van der Waals surface area contributed by atoms with Crippen molar-refractivity contribution in [1.29, 1.82) is 0 Å². The van der Waals surface area contributed by atoms with Gasteiger partial charge in [-0.1, -0.05) is 18.2 Å². The fourth-order valence-corrected chi connectivity index (χ4v) is 3.89. The number of para-hydroxylation sites is 1. The molecule has 3 rings (SSSR count). The SMILES string of the molecule is CCOC(=O)c1c(NC(=O)Oc2ccccc2)sc(C)c1-c1ccc([N+](=O)[O-])cc1. The number of nitro benzene ring substituents is 1. The first-order valence-corrected chi connectivity index (χ1v) is 9.81. The van der Waals surface area contributed by atoms with Crippen LogP contribution in [0.15, 0.2) is 54.6 Å². The van der Waals surface area contributed by atoms with E-state index in [9.17, 15) is 19.7 Å². The molecule has 0 spiro atoms. The number of hydrogen-bond acceptors (Lipinski definition) is 7. The molecule has 154 valence electrons. The number of aryl methyl sites for hydroxylation is 1. The number of benzene rings is 2. The zero-order valence-electron chi connectivity index (χ0n) is 16.2. The summed E-state index contributed by atoms with van der Waals surface area (Å²) in [6, 6.07) is 14.4. The van der Waals surface area contributed by atoms with Crippen molar-refractivity contribution < 1.29 is 24.0 Å². The van der Waals surface area contributed by atoms with Crippen molar-refractivity contribution in [3.8, 4) is 16.9 Å². The number of anilines is 1. The highest BCUT2D eigenvalue weighted by molar-refractivity contribution is 7.17. The number of amides is 1. The number of non-ortho nitro benzene ring substituents is 1. The van der Waals surface area contributed by atoms with Crippen molar-refractivity contribution in [1.82, 2.24) is 0 Å². The summed E-state index contributed by atoms with van der Waals surface area (Å²) < 4.78 is 10.4. The van der Waals surface area contributed by atoms with Crippen LogP contribution in [-0.4, -0.2) is 23.6 Å². The fourth-order valence-electron chi connectivity index (χ4n) is 2.84. The Bertz CT molecular complexity index is 1080. The molecule has 0 saturated heterocycles. The van der Waals surface area contributed by atoms with Gasteiger partial charge in [0, 0.05) is 22.6 Å². The Labute approximate surface area is 176 Å². The molecule has 0 atom stereocenters. The zero-order chi connectivity index (χ0) is 21.7. The number of carbonyl (C=O) groups excluding carboxylic acids is 2. The molecule has 0 aliphatic heterocycles. The van der Waals surface area contributed by atoms with E-state index in [-0.39, 0.29) is 22.9 Å². The van der Waals surface area contributed by atoms with E-state index in [0.29, 0.717) is 16.9 Å². The topological polar surface area (TPSA) is 108 Å².